The van der Waals surface area contributed by atoms with Crippen molar-refractivity contribution in [3.05, 3.63) is 63.4 Å². The van der Waals surface area contributed by atoms with Crippen LogP contribution in [0.5, 0.6) is 5.75 Å². The van der Waals surface area contributed by atoms with Crippen LogP contribution in [0.15, 0.2) is 52.0 Å². The zero-order valence-corrected chi connectivity index (χ0v) is 12.2. The number of aromatic nitrogens is 3. The minimum atomic E-state index is -0.273. The van der Waals surface area contributed by atoms with Crippen LogP contribution in [0.4, 0.5) is 0 Å². The molecule has 2 aromatic heterocycles. The molecule has 0 bridgehead atoms. The number of aryl methyl sites for hydroxylation is 1. The molecular formula is C14H10BrN3O2. The fraction of sp³-hybridized carbons (Fsp3) is 0.0714. The molecule has 6 heteroatoms. The summed E-state index contributed by atoms with van der Waals surface area (Å²) in [5.74, 6) is 1.04. The Labute approximate surface area is 123 Å². The van der Waals surface area contributed by atoms with E-state index in [1.807, 2.05) is 18.2 Å². The summed E-state index contributed by atoms with van der Waals surface area (Å²) < 4.78 is 1.78. The van der Waals surface area contributed by atoms with Crippen molar-refractivity contribution in [2.24, 2.45) is 0 Å². The molecule has 100 valence electrons. The SMILES string of the molecule is Cc1nc2cncc(Br)c2c(=O)n1Oc1ccccc1. The first-order chi connectivity index (χ1) is 9.66. The van der Waals surface area contributed by atoms with Gasteiger partial charge in [0.25, 0.3) is 5.56 Å². The highest BCUT2D eigenvalue weighted by Gasteiger charge is 2.12. The molecule has 0 aliphatic heterocycles. The van der Waals surface area contributed by atoms with Gasteiger partial charge in [-0.1, -0.05) is 18.2 Å². The molecule has 3 rings (SSSR count). The Morgan fingerprint density at radius 3 is 2.70 bits per heavy atom. The first-order valence-electron chi connectivity index (χ1n) is 5.93. The van der Waals surface area contributed by atoms with Crippen molar-refractivity contribution in [3.8, 4) is 5.75 Å². The summed E-state index contributed by atoms with van der Waals surface area (Å²) in [6.07, 6.45) is 3.12. The number of benzene rings is 1. The molecule has 0 aliphatic carbocycles. The van der Waals surface area contributed by atoms with Crippen molar-refractivity contribution >= 4 is 26.8 Å². The molecule has 0 radical (unpaired) electrons. The van der Waals surface area contributed by atoms with Crippen LogP contribution >= 0.6 is 15.9 Å². The van der Waals surface area contributed by atoms with Crippen LogP contribution in [0.2, 0.25) is 0 Å². The summed E-state index contributed by atoms with van der Waals surface area (Å²) in [6.45, 7) is 1.71. The predicted molar refractivity (Wildman–Crippen MR) is 78.7 cm³/mol. The number of rotatable bonds is 2. The topological polar surface area (TPSA) is 57.0 Å². The molecule has 0 atom stereocenters. The van der Waals surface area contributed by atoms with Gasteiger partial charge in [-0.05, 0) is 35.0 Å². The molecule has 0 saturated heterocycles. The maximum Gasteiger partial charge on any atom is 0.295 e. The van der Waals surface area contributed by atoms with Crippen LogP contribution in [0.1, 0.15) is 5.82 Å². The van der Waals surface area contributed by atoms with E-state index in [1.165, 1.54) is 4.73 Å². The molecule has 0 fully saturated rings. The van der Waals surface area contributed by atoms with Crippen LogP contribution in [-0.4, -0.2) is 14.7 Å². The number of para-hydroxylation sites is 1. The van der Waals surface area contributed by atoms with E-state index in [-0.39, 0.29) is 5.56 Å². The Bertz CT molecular complexity index is 831. The van der Waals surface area contributed by atoms with Crippen LogP contribution < -0.4 is 10.4 Å². The third-order valence-electron chi connectivity index (χ3n) is 2.79. The van der Waals surface area contributed by atoms with E-state index in [2.05, 4.69) is 25.9 Å². The summed E-state index contributed by atoms with van der Waals surface area (Å²) >= 11 is 3.32. The largest absolute Gasteiger partial charge is 0.370 e. The second-order valence-corrected chi connectivity index (χ2v) is 5.03. The zero-order valence-electron chi connectivity index (χ0n) is 10.6. The van der Waals surface area contributed by atoms with Crippen molar-refractivity contribution in [3.63, 3.8) is 0 Å². The van der Waals surface area contributed by atoms with Gasteiger partial charge in [0.1, 0.15) is 5.82 Å². The molecule has 0 amide bonds. The first-order valence-corrected chi connectivity index (χ1v) is 6.72. The molecule has 0 unspecified atom stereocenters. The molecule has 0 aliphatic rings. The Morgan fingerprint density at radius 2 is 1.95 bits per heavy atom. The van der Waals surface area contributed by atoms with Gasteiger partial charge in [0, 0.05) is 6.20 Å². The highest BCUT2D eigenvalue weighted by atomic mass is 79.9. The van der Waals surface area contributed by atoms with Crippen LogP contribution in [0.3, 0.4) is 0 Å². The molecule has 5 nitrogen and oxygen atoms in total. The fourth-order valence-electron chi connectivity index (χ4n) is 1.88. The highest BCUT2D eigenvalue weighted by molar-refractivity contribution is 9.10. The lowest BCUT2D eigenvalue weighted by Crippen LogP contribution is -2.28. The molecule has 0 spiro atoms. The van der Waals surface area contributed by atoms with Gasteiger partial charge in [0.2, 0.25) is 0 Å². The van der Waals surface area contributed by atoms with Gasteiger partial charge in [-0.2, -0.15) is 0 Å². The Morgan fingerprint density at radius 1 is 1.20 bits per heavy atom. The predicted octanol–water partition coefficient (Wildman–Crippen LogP) is 2.70. The number of halogens is 1. The first kappa shape index (κ1) is 12.8. The van der Waals surface area contributed by atoms with E-state index in [0.717, 1.165) is 0 Å². The quantitative estimate of drug-likeness (QED) is 0.724. The van der Waals surface area contributed by atoms with Gasteiger partial charge >= 0.3 is 0 Å². The lowest BCUT2D eigenvalue weighted by molar-refractivity contribution is 0.195. The Kier molecular flexibility index (Phi) is 3.23. The molecule has 3 aromatic rings. The lowest BCUT2D eigenvalue weighted by atomic mass is 10.3. The number of fused-ring (bicyclic) bond motifs is 1. The monoisotopic (exact) mass is 331 g/mol. The van der Waals surface area contributed by atoms with E-state index in [0.29, 0.717) is 26.9 Å². The average molecular weight is 332 g/mol. The number of hydrogen-bond acceptors (Lipinski definition) is 4. The normalized spacial score (nSPS) is 10.7. The Hall–Kier alpha value is -2.21. The molecule has 0 saturated carbocycles. The van der Waals surface area contributed by atoms with Crippen molar-refractivity contribution in [1.29, 1.82) is 0 Å². The second kappa shape index (κ2) is 5.05. The zero-order chi connectivity index (χ0) is 14.1. The van der Waals surface area contributed by atoms with Gasteiger partial charge in [-0.25, -0.2) is 4.98 Å². The maximum absolute atomic E-state index is 12.5. The number of pyridine rings is 1. The Balaban J connectivity index is 2.21. The van der Waals surface area contributed by atoms with Crippen LogP contribution in [0, 0.1) is 6.92 Å². The minimum Gasteiger partial charge on any atom is -0.370 e. The van der Waals surface area contributed by atoms with Gasteiger partial charge in [-0.3, -0.25) is 9.78 Å². The lowest BCUT2D eigenvalue weighted by Gasteiger charge is -2.11. The third-order valence-corrected chi connectivity index (χ3v) is 3.40. The van der Waals surface area contributed by atoms with Gasteiger partial charge in [0.05, 0.1) is 21.6 Å². The van der Waals surface area contributed by atoms with Crippen molar-refractivity contribution in [2.75, 3.05) is 0 Å². The fourth-order valence-corrected chi connectivity index (χ4v) is 2.37. The van der Waals surface area contributed by atoms with Crippen molar-refractivity contribution in [2.45, 2.75) is 6.92 Å². The van der Waals surface area contributed by atoms with Crippen LogP contribution in [-0.2, 0) is 0 Å². The second-order valence-electron chi connectivity index (χ2n) is 4.18. The molecule has 20 heavy (non-hydrogen) atoms. The van der Waals surface area contributed by atoms with Crippen molar-refractivity contribution in [1.82, 2.24) is 14.7 Å². The summed E-state index contributed by atoms with van der Waals surface area (Å²) in [4.78, 5) is 26.5. The number of nitrogens with zero attached hydrogens (tertiary/aromatic N) is 3. The molecular weight excluding hydrogens is 322 g/mol. The van der Waals surface area contributed by atoms with Crippen LogP contribution in [0.25, 0.3) is 10.9 Å². The summed E-state index contributed by atoms with van der Waals surface area (Å²) in [5, 5.41) is 0.446. The highest BCUT2D eigenvalue weighted by Crippen LogP contribution is 2.18. The molecule has 1 aromatic carbocycles. The van der Waals surface area contributed by atoms with E-state index in [4.69, 9.17) is 4.84 Å². The van der Waals surface area contributed by atoms with E-state index >= 15 is 0 Å². The van der Waals surface area contributed by atoms with Gasteiger partial charge in [-0.15, -0.1) is 4.73 Å². The summed E-state index contributed by atoms with van der Waals surface area (Å²) in [5.41, 5.74) is 0.264. The van der Waals surface area contributed by atoms with Gasteiger partial charge in [0.15, 0.2) is 5.75 Å². The van der Waals surface area contributed by atoms with E-state index < -0.39 is 0 Å². The molecule has 0 N–H and O–H groups in total. The van der Waals surface area contributed by atoms with E-state index in [1.54, 1.807) is 31.5 Å². The standard InChI is InChI=1S/C14H10BrN3O2/c1-9-17-12-8-16-7-11(15)13(12)14(19)18(9)20-10-5-3-2-4-6-10/h2-8H,1H3. The third kappa shape index (κ3) is 2.18. The maximum atomic E-state index is 12.5. The van der Waals surface area contributed by atoms with Crippen molar-refractivity contribution < 1.29 is 4.84 Å². The minimum absolute atomic E-state index is 0.273. The van der Waals surface area contributed by atoms with E-state index in [9.17, 15) is 4.79 Å². The number of hydrogen-bond donors (Lipinski definition) is 0. The summed E-state index contributed by atoms with van der Waals surface area (Å²) in [6, 6.07) is 9.10. The average Bonchev–Trinajstić information content (AvgIpc) is 2.44. The van der Waals surface area contributed by atoms with Gasteiger partial charge < -0.3 is 4.84 Å². The summed E-state index contributed by atoms with van der Waals surface area (Å²) in [7, 11) is 0. The smallest absolute Gasteiger partial charge is 0.295 e. The molecule has 2 heterocycles.